The van der Waals surface area contributed by atoms with Crippen LogP contribution in [0, 0.1) is 0 Å². The van der Waals surface area contributed by atoms with Crippen LogP contribution in [-0.2, 0) is 28.6 Å². The second kappa shape index (κ2) is 55.4. The van der Waals surface area contributed by atoms with Gasteiger partial charge in [-0.25, -0.2) is 0 Å². The minimum atomic E-state index is -0.790. The van der Waals surface area contributed by atoms with Crippen molar-refractivity contribution in [2.24, 2.45) is 0 Å². The lowest BCUT2D eigenvalue weighted by atomic mass is 10.0. The average molecular weight is 936 g/mol. The molecule has 0 radical (unpaired) electrons. The highest BCUT2D eigenvalue weighted by atomic mass is 16.6. The summed E-state index contributed by atoms with van der Waals surface area (Å²) >= 11 is 0. The SMILES string of the molecule is CC/C=C/C/C=C/C/C=C/C/C=C/C/C=C/CCCCCC(=O)OC[C@@H](COC(=O)CCCCCCCCCCCCCCCCC)OC(=O)CCCCCCCCC/C=C/CCCCCC. The molecule has 0 saturated heterocycles. The van der Waals surface area contributed by atoms with Gasteiger partial charge in [0.25, 0.3) is 0 Å². The van der Waals surface area contributed by atoms with Crippen LogP contribution in [0.4, 0.5) is 0 Å². The summed E-state index contributed by atoms with van der Waals surface area (Å²) < 4.78 is 16.8. The van der Waals surface area contributed by atoms with Gasteiger partial charge in [-0.2, -0.15) is 0 Å². The lowest BCUT2D eigenvalue weighted by Gasteiger charge is -2.18. The van der Waals surface area contributed by atoms with Gasteiger partial charge in [0.2, 0.25) is 0 Å². The van der Waals surface area contributed by atoms with Crippen LogP contribution in [0.15, 0.2) is 72.9 Å². The quantitative estimate of drug-likeness (QED) is 0.0262. The maximum absolute atomic E-state index is 12.8. The lowest BCUT2D eigenvalue weighted by molar-refractivity contribution is -0.167. The predicted octanol–water partition coefficient (Wildman–Crippen LogP) is 19.0. The Morgan fingerprint density at radius 3 is 0.955 bits per heavy atom. The predicted molar refractivity (Wildman–Crippen MR) is 288 cm³/mol. The van der Waals surface area contributed by atoms with E-state index in [4.69, 9.17) is 14.2 Å². The first-order valence-electron chi connectivity index (χ1n) is 28.4. The number of ether oxygens (including phenoxy) is 3. The molecule has 6 heteroatoms. The average Bonchev–Trinajstić information content (AvgIpc) is 3.33. The first-order chi connectivity index (χ1) is 33.0. The Morgan fingerprint density at radius 1 is 0.313 bits per heavy atom. The molecule has 0 aliphatic carbocycles. The molecule has 6 nitrogen and oxygen atoms in total. The molecule has 0 aromatic carbocycles. The number of unbranched alkanes of at least 4 members (excludes halogenated alkanes) is 28. The molecule has 0 fully saturated rings. The van der Waals surface area contributed by atoms with E-state index in [1.54, 1.807) is 0 Å². The summed E-state index contributed by atoms with van der Waals surface area (Å²) in [6.45, 7) is 6.50. The zero-order valence-corrected chi connectivity index (χ0v) is 44.2. The van der Waals surface area contributed by atoms with Gasteiger partial charge in [-0.1, -0.05) is 241 Å². The first-order valence-corrected chi connectivity index (χ1v) is 28.4. The highest BCUT2D eigenvalue weighted by Gasteiger charge is 2.19. The third-order valence-electron chi connectivity index (χ3n) is 12.2. The van der Waals surface area contributed by atoms with E-state index < -0.39 is 6.10 Å². The second-order valence-electron chi connectivity index (χ2n) is 18.8. The van der Waals surface area contributed by atoms with Gasteiger partial charge in [0.05, 0.1) is 0 Å². The molecule has 0 N–H and O–H groups in total. The van der Waals surface area contributed by atoms with Crippen molar-refractivity contribution in [3.05, 3.63) is 72.9 Å². The fourth-order valence-electron chi connectivity index (χ4n) is 7.93. The largest absolute Gasteiger partial charge is 0.462 e. The smallest absolute Gasteiger partial charge is 0.306 e. The molecular formula is C61H106O6. The van der Waals surface area contributed by atoms with Gasteiger partial charge < -0.3 is 14.2 Å². The highest BCUT2D eigenvalue weighted by Crippen LogP contribution is 2.16. The summed E-state index contributed by atoms with van der Waals surface area (Å²) in [6, 6.07) is 0. The molecule has 0 aromatic rings. The highest BCUT2D eigenvalue weighted by molar-refractivity contribution is 5.71. The van der Waals surface area contributed by atoms with Crippen molar-refractivity contribution in [3.63, 3.8) is 0 Å². The summed E-state index contributed by atoms with van der Waals surface area (Å²) in [5, 5.41) is 0. The number of carbonyl (C=O) groups excluding carboxylic acids is 3. The standard InChI is InChI=1S/C61H106O6/c1-4-7-10-13-16-19-22-25-28-29-30-31-34-36-39-42-45-48-51-54-60(63)66-57-58(67-61(64)55-52-49-46-43-40-37-33-27-24-21-18-15-12-9-6-3)56-65-59(62)53-50-47-44-41-38-35-32-26-23-20-17-14-11-8-5-2/h7,10,16,19,21,24-25,28,30-31,36,39,58H,4-6,8-9,11-15,17-18,20,22-23,26-27,29,32-35,37-38,40-57H2,1-3H3/b10-7+,19-16+,24-21+,28-25+,31-30+,39-36+/t58-/m1/s1. The van der Waals surface area contributed by atoms with Gasteiger partial charge in [0, 0.05) is 19.3 Å². The van der Waals surface area contributed by atoms with Crippen molar-refractivity contribution in [3.8, 4) is 0 Å². The van der Waals surface area contributed by atoms with Crippen LogP contribution in [0.5, 0.6) is 0 Å². The van der Waals surface area contributed by atoms with Crippen LogP contribution < -0.4 is 0 Å². The molecule has 1 atom stereocenters. The summed E-state index contributed by atoms with van der Waals surface area (Å²) in [4.78, 5) is 38.1. The minimum Gasteiger partial charge on any atom is -0.462 e. The van der Waals surface area contributed by atoms with E-state index in [2.05, 4.69) is 93.7 Å². The normalized spacial score (nSPS) is 12.6. The maximum atomic E-state index is 12.8. The molecule has 0 aliphatic heterocycles. The van der Waals surface area contributed by atoms with E-state index in [1.165, 1.54) is 141 Å². The Labute approximate surface area is 414 Å². The van der Waals surface area contributed by atoms with E-state index in [0.29, 0.717) is 19.3 Å². The van der Waals surface area contributed by atoms with Crippen LogP contribution >= 0.6 is 0 Å². The van der Waals surface area contributed by atoms with Crippen LogP contribution in [0.25, 0.3) is 0 Å². The third kappa shape index (κ3) is 53.7. The summed E-state index contributed by atoms with van der Waals surface area (Å²) in [5.41, 5.74) is 0. The van der Waals surface area contributed by atoms with Crippen LogP contribution in [0.2, 0.25) is 0 Å². The molecule has 67 heavy (non-hydrogen) atoms. The Hall–Kier alpha value is -3.15. The number of hydrogen-bond acceptors (Lipinski definition) is 6. The van der Waals surface area contributed by atoms with Crippen LogP contribution in [-0.4, -0.2) is 37.2 Å². The number of carbonyl (C=O) groups is 3. The Kier molecular flexibility index (Phi) is 52.8. The topological polar surface area (TPSA) is 78.9 Å². The number of allylic oxidation sites excluding steroid dienone is 12. The van der Waals surface area contributed by atoms with Gasteiger partial charge in [0.15, 0.2) is 6.10 Å². The Morgan fingerprint density at radius 2 is 0.582 bits per heavy atom. The van der Waals surface area contributed by atoms with E-state index in [9.17, 15) is 14.4 Å². The fourth-order valence-corrected chi connectivity index (χ4v) is 7.93. The van der Waals surface area contributed by atoms with Crippen molar-refractivity contribution < 1.29 is 28.6 Å². The van der Waals surface area contributed by atoms with Crippen molar-refractivity contribution in [1.82, 2.24) is 0 Å². The molecule has 0 spiro atoms. The molecule has 386 valence electrons. The molecule has 0 aliphatic rings. The van der Waals surface area contributed by atoms with Crippen molar-refractivity contribution in [2.45, 2.75) is 284 Å². The second-order valence-corrected chi connectivity index (χ2v) is 18.8. The van der Waals surface area contributed by atoms with E-state index in [-0.39, 0.29) is 31.1 Å². The van der Waals surface area contributed by atoms with Crippen LogP contribution in [0.3, 0.4) is 0 Å². The van der Waals surface area contributed by atoms with Gasteiger partial charge in [-0.05, 0) is 89.9 Å². The minimum absolute atomic E-state index is 0.0854. The molecule has 0 aromatic heterocycles. The van der Waals surface area contributed by atoms with Gasteiger partial charge in [-0.15, -0.1) is 0 Å². The maximum Gasteiger partial charge on any atom is 0.306 e. The lowest BCUT2D eigenvalue weighted by Crippen LogP contribution is -2.30. The zero-order chi connectivity index (χ0) is 48.6. The molecule has 0 heterocycles. The fraction of sp³-hybridized carbons (Fsp3) is 0.754. The molecule has 0 amide bonds. The molecule has 0 saturated carbocycles. The van der Waals surface area contributed by atoms with Gasteiger partial charge >= 0.3 is 17.9 Å². The molecule has 0 bridgehead atoms. The van der Waals surface area contributed by atoms with E-state index in [0.717, 1.165) is 96.3 Å². The van der Waals surface area contributed by atoms with E-state index in [1.807, 2.05) is 0 Å². The zero-order valence-electron chi connectivity index (χ0n) is 44.2. The monoisotopic (exact) mass is 935 g/mol. The Balaban J connectivity index is 4.43. The number of hydrogen-bond donors (Lipinski definition) is 0. The van der Waals surface area contributed by atoms with Crippen molar-refractivity contribution in [2.75, 3.05) is 13.2 Å². The Bertz CT molecular complexity index is 1260. The number of rotatable bonds is 51. The van der Waals surface area contributed by atoms with E-state index >= 15 is 0 Å². The summed E-state index contributed by atoms with van der Waals surface area (Å²) in [5.74, 6) is -0.914. The molecular weight excluding hydrogens is 829 g/mol. The van der Waals surface area contributed by atoms with Crippen LogP contribution in [0.1, 0.15) is 278 Å². The van der Waals surface area contributed by atoms with Gasteiger partial charge in [-0.3, -0.25) is 14.4 Å². The molecule has 0 unspecified atom stereocenters. The van der Waals surface area contributed by atoms with Crippen molar-refractivity contribution in [1.29, 1.82) is 0 Å². The van der Waals surface area contributed by atoms with Crippen molar-refractivity contribution >= 4 is 17.9 Å². The van der Waals surface area contributed by atoms with Gasteiger partial charge in [0.1, 0.15) is 13.2 Å². The summed E-state index contributed by atoms with van der Waals surface area (Å²) in [7, 11) is 0. The third-order valence-corrected chi connectivity index (χ3v) is 12.2. The number of esters is 3. The first kappa shape index (κ1) is 63.8. The molecule has 0 rings (SSSR count). The summed E-state index contributed by atoms with van der Waals surface area (Å²) in [6.07, 6.45) is 70.3.